The molecule has 122 valence electrons. The fraction of sp³-hybridized carbons (Fsp3) is 0.533. The van der Waals surface area contributed by atoms with Crippen LogP contribution in [-0.4, -0.2) is 38.9 Å². The van der Waals surface area contributed by atoms with Gasteiger partial charge in [-0.05, 0) is 43.4 Å². The van der Waals surface area contributed by atoms with E-state index in [2.05, 4.69) is 4.74 Å². The molecule has 1 aromatic carbocycles. The molecule has 0 radical (unpaired) electrons. The SMILES string of the molecule is COC(=O)CC1CCN(S(=O)(=O)c2cc(N)ccc2C)CC1. The van der Waals surface area contributed by atoms with E-state index in [-0.39, 0.29) is 16.8 Å². The van der Waals surface area contributed by atoms with Crippen molar-refractivity contribution in [3.05, 3.63) is 23.8 Å². The van der Waals surface area contributed by atoms with Gasteiger partial charge in [0.25, 0.3) is 0 Å². The first-order valence-electron chi connectivity index (χ1n) is 7.27. The minimum absolute atomic E-state index is 0.181. The maximum Gasteiger partial charge on any atom is 0.305 e. The fourth-order valence-corrected chi connectivity index (χ4v) is 4.44. The van der Waals surface area contributed by atoms with E-state index < -0.39 is 10.0 Å². The summed E-state index contributed by atoms with van der Waals surface area (Å²) in [5.41, 5.74) is 6.83. The third-order valence-corrected chi connectivity index (χ3v) is 6.13. The van der Waals surface area contributed by atoms with Gasteiger partial charge in [-0.15, -0.1) is 0 Å². The van der Waals surface area contributed by atoms with E-state index in [0.29, 0.717) is 43.6 Å². The van der Waals surface area contributed by atoms with E-state index in [1.165, 1.54) is 17.5 Å². The highest BCUT2D eigenvalue weighted by molar-refractivity contribution is 7.89. The second-order valence-electron chi connectivity index (χ2n) is 5.65. The maximum absolute atomic E-state index is 12.7. The summed E-state index contributed by atoms with van der Waals surface area (Å²) in [4.78, 5) is 11.6. The van der Waals surface area contributed by atoms with Gasteiger partial charge in [0, 0.05) is 25.2 Å². The van der Waals surface area contributed by atoms with Crippen LogP contribution in [0.1, 0.15) is 24.8 Å². The summed E-state index contributed by atoms with van der Waals surface area (Å²) in [6.45, 7) is 2.59. The zero-order chi connectivity index (χ0) is 16.3. The van der Waals surface area contributed by atoms with Gasteiger partial charge in [0.1, 0.15) is 0 Å². The standard InChI is InChI=1S/C15H22N2O4S/c1-11-3-4-13(16)10-14(11)22(19,20)17-7-5-12(6-8-17)9-15(18)21-2/h3-4,10,12H,5-9,16H2,1-2H3. The quantitative estimate of drug-likeness (QED) is 0.669. The molecule has 2 N–H and O–H groups in total. The number of carbonyl (C=O) groups excluding carboxylic acids is 1. The van der Waals surface area contributed by atoms with Gasteiger partial charge in [0.2, 0.25) is 10.0 Å². The lowest BCUT2D eigenvalue weighted by molar-refractivity contribution is -0.142. The van der Waals surface area contributed by atoms with Crippen molar-refractivity contribution in [3.8, 4) is 0 Å². The highest BCUT2D eigenvalue weighted by Gasteiger charge is 2.31. The zero-order valence-electron chi connectivity index (χ0n) is 12.9. The van der Waals surface area contributed by atoms with Gasteiger partial charge in [0.05, 0.1) is 12.0 Å². The first-order chi connectivity index (χ1) is 10.3. The van der Waals surface area contributed by atoms with Crippen molar-refractivity contribution in [1.82, 2.24) is 4.31 Å². The number of hydrogen-bond acceptors (Lipinski definition) is 5. The molecule has 1 fully saturated rings. The number of methoxy groups -OCH3 is 1. The zero-order valence-corrected chi connectivity index (χ0v) is 13.7. The molecule has 1 aliphatic heterocycles. The average molecular weight is 326 g/mol. The van der Waals surface area contributed by atoms with E-state index >= 15 is 0 Å². The second kappa shape index (κ2) is 6.66. The van der Waals surface area contributed by atoms with Crippen LogP contribution in [0.4, 0.5) is 5.69 Å². The molecule has 0 aromatic heterocycles. The first-order valence-corrected chi connectivity index (χ1v) is 8.71. The Morgan fingerprint density at radius 2 is 2.00 bits per heavy atom. The predicted molar refractivity (Wildman–Crippen MR) is 83.7 cm³/mol. The van der Waals surface area contributed by atoms with E-state index in [9.17, 15) is 13.2 Å². The number of nitrogen functional groups attached to an aromatic ring is 1. The summed E-state index contributed by atoms with van der Waals surface area (Å²) in [7, 11) is -2.17. The summed E-state index contributed by atoms with van der Waals surface area (Å²) in [5.74, 6) is -0.0613. The van der Waals surface area contributed by atoms with Gasteiger partial charge >= 0.3 is 5.97 Å². The summed E-state index contributed by atoms with van der Waals surface area (Å²) >= 11 is 0. The molecule has 0 spiro atoms. The van der Waals surface area contributed by atoms with Gasteiger partial charge in [-0.25, -0.2) is 8.42 Å². The van der Waals surface area contributed by atoms with E-state index in [4.69, 9.17) is 5.73 Å². The number of ether oxygens (including phenoxy) is 1. The Morgan fingerprint density at radius 1 is 1.36 bits per heavy atom. The molecule has 22 heavy (non-hydrogen) atoms. The minimum atomic E-state index is -3.54. The Balaban J connectivity index is 2.10. The van der Waals surface area contributed by atoms with Gasteiger partial charge < -0.3 is 10.5 Å². The van der Waals surface area contributed by atoms with Crippen molar-refractivity contribution in [2.45, 2.75) is 31.1 Å². The van der Waals surface area contributed by atoms with Crippen LogP contribution in [0.3, 0.4) is 0 Å². The largest absolute Gasteiger partial charge is 0.469 e. The average Bonchev–Trinajstić information content (AvgIpc) is 2.50. The highest BCUT2D eigenvalue weighted by atomic mass is 32.2. The number of benzene rings is 1. The molecular formula is C15H22N2O4S. The van der Waals surface area contributed by atoms with Crippen molar-refractivity contribution in [2.24, 2.45) is 5.92 Å². The van der Waals surface area contributed by atoms with Gasteiger partial charge in [0.15, 0.2) is 0 Å². The molecule has 0 saturated carbocycles. The minimum Gasteiger partial charge on any atom is -0.469 e. The van der Waals surface area contributed by atoms with Gasteiger partial charge in [-0.1, -0.05) is 6.07 Å². The van der Waals surface area contributed by atoms with Crippen LogP contribution in [0.2, 0.25) is 0 Å². The predicted octanol–water partition coefficient (Wildman–Crippen LogP) is 1.54. The summed E-state index contributed by atoms with van der Waals surface area (Å²) in [6.07, 6.45) is 1.67. The number of nitrogens with zero attached hydrogens (tertiary/aromatic N) is 1. The van der Waals surface area contributed by atoms with E-state index in [1.54, 1.807) is 19.1 Å². The van der Waals surface area contributed by atoms with Gasteiger partial charge in [-0.3, -0.25) is 4.79 Å². The van der Waals surface area contributed by atoms with Crippen LogP contribution < -0.4 is 5.73 Å². The number of rotatable bonds is 4. The van der Waals surface area contributed by atoms with Crippen molar-refractivity contribution < 1.29 is 17.9 Å². The number of hydrogen-bond donors (Lipinski definition) is 1. The van der Waals surface area contributed by atoms with E-state index in [1.807, 2.05) is 0 Å². The molecule has 2 rings (SSSR count). The number of aryl methyl sites for hydroxylation is 1. The molecule has 0 unspecified atom stereocenters. The normalized spacial score (nSPS) is 17.4. The first kappa shape index (κ1) is 16.8. The third-order valence-electron chi connectivity index (χ3n) is 4.09. The van der Waals surface area contributed by atoms with Crippen LogP contribution in [-0.2, 0) is 19.6 Å². The molecule has 7 heteroatoms. The molecule has 0 atom stereocenters. The highest BCUT2D eigenvalue weighted by Crippen LogP contribution is 2.28. The molecule has 1 saturated heterocycles. The molecule has 0 bridgehead atoms. The second-order valence-corrected chi connectivity index (χ2v) is 7.56. The molecular weight excluding hydrogens is 304 g/mol. The number of piperidine rings is 1. The number of carbonyl (C=O) groups is 1. The number of anilines is 1. The summed E-state index contributed by atoms with van der Waals surface area (Å²) in [5, 5.41) is 0. The third kappa shape index (κ3) is 3.59. The lowest BCUT2D eigenvalue weighted by atomic mass is 9.95. The van der Waals surface area contributed by atoms with E-state index in [0.717, 1.165) is 0 Å². The van der Waals surface area contributed by atoms with Crippen LogP contribution in [0.15, 0.2) is 23.1 Å². The lowest BCUT2D eigenvalue weighted by Crippen LogP contribution is -2.39. The Hall–Kier alpha value is -1.60. The molecule has 0 aliphatic carbocycles. The Morgan fingerprint density at radius 3 is 2.59 bits per heavy atom. The molecule has 1 heterocycles. The molecule has 6 nitrogen and oxygen atoms in total. The van der Waals surface area contributed by atoms with Gasteiger partial charge in [-0.2, -0.15) is 4.31 Å². The Bertz CT molecular complexity index is 650. The van der Waals surface area contributed by atoms with Crippen LogP contribution >= 0.6 is 0 Å². The van der Waals surface area contributed by atoms with Crippen molar-refractivity contribution in [1.29, 1.82) is 0 Å². The van der Waals surface area contributed by atoms with Crippen molar-refractivity contribution in [3.63, 3.8) is 0 Å². The number of esters is 1. The maximum atomic E-state index is 12.7. The topological polar surface area (TPSA) is 89.7 Å². The van der Waals surface area contributed by atoms with Crippen LogP contribution in [0.25, 0.3) is 0 Å². The fourth-order valence-electron chi connectivity index (χ4n) is 2.71. The van der Waals surface area contributed by atoms with Crippen LogP contribution in [0.5, 0.6) is 0 Å². The van der Waals surface area contributed by atoms with Crippen molar-refractivity contribution >= 4 is 21.7 Å². The molecule has 1 aromatic rings. The lowest BCUT2D eigenvalue weighted by Gasteiger charge is -2.31. The summed E-state index contributed by atoms with van der Waals surface area (Å²) < 4.78 is 31.6. The Labute approximate surface area is 131 Å². The Kier molecular flexibility index (Phi) is 5.08. The number of nitrogens with two attached hydrogens (primary N) is 1. The molecule has 0 amide bonds. The number of sulfonamides is 1. The summed E-state index contributed by atoms with van der Waals surface area (Å²) in [6, 6.07) is 4.91. The smallest absolute Gasteiger partial charge is 0.305 e. The van der Waals surface area contributed by atoms with Crippen LogP contribution in [0, 0.1) is 12.8 Å². The van der Waals surface area contributed by atoms with Crippen molar-refractivity contribution in [2.75, 3.05) is 25.9 Å². The molecule has 1 aliphatic rings. The monoisotopic (exact) mass is 326 g/mol.